The van der Waals surface area contributed by atoms with Crippen molar-refractivity contribution in [2.45, 2.75) is 5.60 Å². The molecule has 6 rings (SSSR count). The summed E-state index contributed by atoms with van der Waals surface area (Å²) in [5.74, 6) is 2.88. The Bertz CT molecular complexity index is 1810. The third kappa shape index (κ3) is 4.76. The van der Waals surface area contributed by atoms with Gasteiger partial charge in [0.25, 0.3) is 0 Å². The quantitative estimate of drug-likeness (QED) is 0.172. The summed E-state index contributed by atoms with van der Waals surface area (Å²) in [6.45, 7) is 0. The molecule has 0 aromatic heterocycles. The first kappa shape index (κ1) is 28.7. The maximum Gasteiger partial charge on any atom is 0.339 e. The van der Waals surface area contributed by atoms with Gasteiger partial charge in [-0.25, -0.2) is 4.79 Å². The van der Waals surface area contributed by atoms with Crippen LogP contribution in [0.4, 0.5) is 0 Å². The van der Waals surface area contributed by atoms with Gasteiger partial charge >= 0.3 is 5.97 Å². The third-order valence-corrected chi connectivity index (χ3v) is 8.06. The summed E-state index contributed by atoms with van der Waals surface area (Å²) in [7, 11) is 7.90. The number of ether oxygens (including phenoxy) is 6. The van der Waals surface area contributed by atoms with Gasteiger partial charge < -0.3 is 28.4 Å². The number of rotatable bonds is 8. The first-order valence-corrected chi connectivity index (χ1v) is 14.0. The van der Waals surface area contributed by atoms with Crippen molar-refractivity contribution in [3.05, 3.63) is 119 Å². The number of esters is 1. The van der Waals surface area contributed by atoms with Crippen LogP contribution < -0.4 is 23.7 Å². The van der Waals surface area contributed by atoms with E-state index >= 15 is 0 Å². The van der Waals surface area contributed by atoms with Crippen molar-refractivity contribution in [3.63, 3.8) is 0 Å². The van der Waals surface area contributed by atoms with E-state index in [1.165, 1.54) is 7.11 Å². The zero-order valence-electron chi connectivity index (χ0n) is 25.2. The van der Waals surface area contributed by atoms with Crippen molar-refractivity contribution < 1.29 is 33.2 Å². The molecule has 0 bridgehead atoms. The first-order valence-electron chi connectivity index (χ1n) is 14.0. The fourth-order valence-corrected chi connectivity index (χ4v) is 5.77. The van der Waals surface area contributed by atoms with Crippen molar-refractivity contribution in [1.82, 2.24) is 0 Å². The first-order chi connectivity index (χ1) is 21.5. The molecular weight excluding hydrogens is 556 g/mol. The Balaban J connectivity index is 1.68. The maximum atomic E-state index is 13.6. The Labute approximate surface area is 256 Å². The number of benzene rings is 5. The predicted molar refractivity (Wildman–Crippen MR) is 170 cm³/mol. The molecule has 0 spiro atoms. The van der Waals surface area contributed by atoms with Crippen molar-refractivity contribution in [2.75, 3.05) is 35.5 Å². The Kier molecular flexibility index (Phi) is 7.62. The molecule has 7 nitrogen and oxygen atoms in total. The topological polar surface area (TPSA) is 72.5 Å². The Morgan fingerprint density at radius 1 is 0.614 bits per heavy atom. The lowest BCUT2D eigenvalue weighted by molar-refractivity contribution is 0.0600. The minimum absolute atomic E-state index is 0.402. The second-order valence-electron chi connectivity index (χ2n) is 10.3. The van der Waals surface area contributed by atoms with E-state index in [4.69, 9.17) is 28.4 Å². The van der Waals surface area contributed by atoms with Crippen LogP contribution in [-0.2, 0) is 10.3 Å². The normalized spacial score (nSPS) is 13.0. The average Bonchev–Trinajstić information content (AvgIpc) is 3.10. The summed E-state index contributed by atoms with van der Waals surface area (Å²) in [6, 6.07) is 28.9. The van der Waals surface area contributed by atoms with Crippen LogP contribution in [0.1, 0.15) is 27.0 Å². The van der Waals surface area contributed by atoms with Crippen molar-refractivity contribution in [2.24, 2.45) is 0 Å². The van der Waals surface area contributed by atoms with Gasteiger partial charge in [-0.2, -0.15) is 0 Å². The van der Waals surface area contributed by atoms with Gasteiger partial charge in [0.05, 0.1) is 41.1 Å². The van der Waals surface area contributed by atoms with Crippen molar-refractivity contribution in [3.8, 4) is 39.9 Å². The zero-order valence-corrected chi connectivity index (χ0v) is 25.2. The average molecular weight is 589 g/mol. The third-order valence-electron chi connectivity index (χ3n) is 8.06. The lowest BCUT2D eigenvalue weighted by atomic mass is 9.81. The second kappa shape index (κ2) is 11.7. The second-order valence-corrected chi connectivity index (χ2v) is 10.3. The molecule has 222 valence electrons. The lowest BCUT2D eigenvalue weighted by Gasteiger charge is -2.37. The fraction of sp³-hybridized carbons (Fsp3) is 0.162. The molecule has 0 atom stereocenters. The van der Waals surface area contributed by atoms with Gasteiger partial charge in [0, 0.05) is 27.6 Å². The highest BCUT2D eigenvalue weighted by Crippen LogP contribution is 2.50. The van der Waals surface area contributed by atoms with Gasteiger partial charge in [-0.1, -0.05) is 36.4 Å². The summed E-state index contributed by atoms with van der Waals surface area (Å²) in [6.07, 6.45) is 3.93. The van der Waals surface area contributed by atoms with Gasteiger partial charge in [0.15, 0.2) is 5.60 Å². The molecule has 0 N–H and O–H groups in total. The summed E-state index contributed by atoms with van der Waals surface area (Å²) in [5, 5.41) is 1.59. The fourth-order valence-electron chi connectivity index (χ4n) is 5.77. The Hall–Kier alpha value is -5.43. The molecule has 5 aromatic rings. The summed E-state index contributed by atoms with van der Waals surface area (Å²) in [4.78, 5) is 13.6. The van der Waals surface area contributed by atoms with E-state index in [0.717, 1.165) is 44.5 Å². The van der Waals surface area contributed by atoms with Crippen LogP contribution in [0, 0.1) is 0 Å². The van der Waals surface area contributed by atoms with Crippen LogP contribution in [-0.4, -0.2) is 41.5 Å². The van der Waals surface area contributed by atoms with Crippen LogP contribution in [0.2, 0.25) is 0 Å². The van der Waals surface area contributed by atoms with Crippen LogP contribution in [0.5, 0.6) is 28.7 Å². The largest absolute Gasteiger partial charge is 0.497 e. The molecule has 0 fully saturated rings. The minimum Gasteiger partial charge on any atom is -0.497 e. The standard InChI is InChI=1S/C37H32O7/c1-39-26-12-6-23(7-13-26)33-30-19-18-29(42-4)22-32(30)35-31(34(33)36(38)43-5)20-21-37(44-35,24-8-14-27(40-2)15-9-24)25-10-16-28(41-3)17-11-25/h6-22H,1-5H3. The number of hydrogen-bond donors (Lipinski definition) is 0. The van der Waals surface area contributed by atoms with Crippen LogP contribution in [0.15, 0.2) is 97.1 Å². The molecular formula is C37H32O7. The zero-order chi connectivity index (χ0) is 30.8. The van der Waals surface area contributed by atoms with E-state index in [0.29, 0.717) is 28.4 Å². The number of carbonyl (C=O) groups excluding carboxylic acids is 1. The minimum atomic E-state index is -1.05. The van der Waals surface area contributed by atoms with Crippen molar-refractivity contribution in [1.29, 1.82) is 0 Å². The molecule has 7 heteroatoms. The molecule has 5 aromatic carbocycles. The van der Waals surface area contributed by atoms with Gasteiger partial charge in [0.2, 0.25) is 0 Å². The molecule has 44 heavy (non-hydrogen) atoms. The van der Waals surface area contributed by atoms with Gasteiger partial charge in [0.1, 0.15) is 28.7 Å². The van der Waals surface area contributed by atoms with Crippen LogP contribution in [0.3, 0.4) is 0 Å². The predicted octanol–water partition coefficient (Wildman–Crippen LogP) is 7.68. The number of fused-ring (bicyclic) bond motifs is 3. The summed E-state index contributed by atoms with van der Waals surface area (Å²) >= 11 is 0. The Morgan fingerprint density at radius 3 is 1.61 bits per heavy atom. The SMILES string of the molecule is COC(=O)c1c2c(c3cc(OC)ccc3c1-c1ccc(OC)cc1)OC(c1ccc(OC)cc1)(c1ccc(OC)cc1)C=C2. The smallest absolute Gasteiger partial charge is 0.339 e. The van der Waals surface area contributed by atoms with E-state index in [-0.39, 0.29) is 0 Å². The summed E-state index contributed by atoms with van der Waals surface area (Å²) < 4.78 is 34.5. The highest BCUT2D eigenvalue weighted by Gasteiger charge is 2.40. The van der Waals surface area contributed by atoms with Crippen molar-refractivity contribution >= 4 is 22.8 Å². The monoisotopic (exact) mass is 588 g/mol. The van der Waals surface area contributed by atoms with E-state index in [1.54, 1.807) is 28.4 Å². The molecule has 0 saturated heterocycles. The molecule has 1 aliphatic heterocycles. The van der Waals surface area contributed by atoms with Gasteiger partial charge in [-0.15, -0.1) is 0 Å². The maximum absolute atomic E-state index is 13.6. The molecule has 0 unspecified atom stereocenters. The number of methoxy groups -OCH3 is 5. The lowest BCUT2D eigenvalue weighted by Crippen LogP contribution is -2.34. The Morgan fingerprint density at radius 2 is 1.11 bits per heavy atom. The molecule has 1 aliphatic rings. The highest BCUT2D eigenvalue weighted by molar-refractivity contribution is 6.14. The molecule has 1 heterocycles. The van der Waals surface area contributed by atoms with E-state index in [9.17, 15) is 4.79 Å². The van der Waals surface area contributed by atoms with E-state index in [2.05, 4.69) is 0 Å². The molecule has 0 amide bonds. The van der Waals surface area contributed by atoms with E-state index in [1.807, 2.05) is 103 Å². The van der Waals surface area contributed by atoms with E-state index < -0.39 is 11.6 Å². The summed E-state index contributed by atoms with van der Waals surface area (Å²) in [5.41, 5.74) is 3.28. The molecule has 0 aliphatic carbocycles. The highest BCUT2D eigenvalue weighted by atomic mass is 16.5. The molecule has 0 radical (unpaired) electrons. The van der Waals surface area contributed by atoms with Crippen LogP contribution in [0.25, 0.3) is 28.0 Å². The number of carbonyl (C=O) groups is 1. The number of hydrogen-bond acceptors (Lipinski definition) is 7. The van der Waals surface area contributed by atoms with Gasteiger partial charge in [-0.05, 0) is 77.7 Å². The van der Waals surface area contributed by atoms with Gasteiger partial charge in [-0.3, -0.25) is 0 Å². The molecule has 0 saturated carbocycles. The van der Waals surface area contributed by atoms with Crippen LogP contribution >= 0.6 is 0 Å².